The minimum Gasteiger partial charge on any atom is -0.378 e. The van der Waals surface area contributed by atoms with Gasteiger partial charge in [0.05, 0.1) is 16.6 Å². The highest BCUT2D eigenvalue weighted by atomic mass is 16.6. The zero-order chi connectivity index (χ0) is 14.5. The monoisotopic (exact) mass is 267 g/mol. The Bertz CT molecular complexity index is 660. The molecule has 2 aromatic rings. The predicted molar refractivity (Wildman–Crippen MR) is 76.3 cm³/mol. The molecule has 0 aliphatic heterocycles. The number of anilines is 1. The average Bonchev–Trinajstić information content (AvgIpc) is 2.47. The maximum atomic E-state index is 10.7. The minimum atomic E-state index is -0.419. The molecule has 1 N–H and O–H groups in total. The standard InChI is InChI=1S/C15H13N3O2/c1-11(13-7-5-12(10-16)6-8-13)17-14-3-2-4-15(9-14)18(19)20/h2-9,11,17H,1H3. The van der Waals surface area contributed by atoms with Crippen LogP contribution < -0.4 is 5.32 Å². The van der Waals surface area contributed by atoms with Gasteiger partial charge in [0.1, 0.15) is 0 Å². The lowest BCUT2D eigenvalue weighted by molar-refractivity contribution is -0.384. The molecule has 100 valence electrons. The van der Waals surface area contributed by atoms with E-state index >= 15 is 0 Å². The Hall–Kier alpha value is -2.87. The molecule has 0 saturated carbocycles. The molecule has 20 heavy (non-hydrogen) atoms. The first-order chi connectivity index (χ1) is 9.60. The van der Waals surface area contributed by atoms with Crippen molar-refractivity contribution in [2.75, 3.05) is 5.32 Å². The molecule has 2 aromatic carbocycles. The molecule has 0 heterocycles. The summed E-state index contributed by atoms with van der Waals surface area (Å²) in [6.45, 7) is 1.96. The van der Waals surface area contributed by atoms with Crippen molar-refractivity contribution in [3.8, 4) is 6.07 Å². The van der Waals surface area contributed by atoms with E-state index in [9.17, 15) is 10.1 Å². The van der Waals surface area contributed by atoms with E-state index in [-0.39, 0.29) is 11.7 Å². The summed E-state index contributed by atoms with van der Waals surface area (Å²) in [7, 11) is 0. The number of hydrogen-bond donors (Lipinski definition) is 1. The van der Waals surface area contributed by atoms with E-state index in [1.807, 2.05) is 19.1 Å². The lowest BCUT2D eigenvalue weighted by Crippen LogP contribution is -2.06. The van der Waals surface area contributed by atoms with Crippen LogP contribution in [-0.4, -0.2) is 4.92 Å². The number of nitrogens with one attached hydrogen (secondary N) is 1. The summed E-state index contributed by atoms with van der Waals surface area (Å²) >= 11 is 0. The normalized spacial score (nSPS) is 11.4. The van der Waals surface area contributed by atoms with Crippen LogP contribution in [0.25, 0.3) is 0 Å². The van der Waals surface area contributed by atoms with E-state index in [1.54, 1.807) is 24.3 Å². The van der Waals surface area contributed by atoms with Gasteiger partial charge < -0.3 is 5.32 Å². The summed E-state index contributed by atoms with van der Waals surface area (Å²) in [6.07, 6.45) is 0. The fourth-order valence-corrected chi connectivity index (χ4v) is 1.89. The van der Waals surface area contributed by atoms with Gasteiger partial charge in [-0.25, -0.2) is 0 Å². The number of rotatable bonds is 4. The molecular weight excluding hydrogens is 254 g/mol. The van der Waals surface area contributed by atoms with Gasteiger partial charge in [0, 0.05) is 23.9 Å². The van der Waals surface area contributed by atoms with Gasteiger partial charge in [-0.15, -0.1) is 0 Å². The topological polar surface area (TPSA) is 79.0 Å². The van der Waals surface area contributed by atoms with Crippen molar-refractivity contribution in [1.29, 1.82) is 5.26 Å². The van der Waals surface area contributed by atoms with Gasteiger partial charge in [-0.3, -0.25) is 10.1 Å². The van der Waals surface area contributed by atoms with Crippen LogP contribution >= 0.6 is 0 Å². The third-order valence-corrected chi connectivity index (χ3v) is 2.98. The number of benzene rings is 2. The highest BCUT2D eigenvalue weighted by Gasteiger charge is 2.09. The summed E-state index contributed by atoms with van der Waals surface area (Å²) < 4.78 is 0. The molecule has 5 nitrogen and oxygen atoms in total. The van der Waals surface area contributed by atoms with E-state index in [0.717, 1.165) is 5.56 Å². The molecule has 2 rings (SSSR count). The van der Waals surface area contributed by atoms with Crippen molar-refractivity contribution in [2.45, 2.75) is 13.0 Å². The molecule has 0 aliphatic rings. The lowest BCUT2D eigenvalue weighted by atomic mass is 10.1. The van der Waals surface area contributed by atoms with Crippen LogP contribution in [0.5, 0.6) is 0 Å². The van der Waals surface area contributed by atoms with Crippen molar-refractivity contribution in [3.05, 3.63) is 69.8 Å². The number of nitro benzene ring substituents is 1. The molecule has 5 heteroatoms. The number of nitro groups is 1. The molecule has 0 saturated heterocycles. The Kier molecular flexibility index (Phi) is 3.96. The molecule has 0 amide bonds. The molecule has 0 bridgehead atoms. The Balaban J connectivity index is 2.14. The van der Waals surface area contributed by atoms with E-state index in [4.69, 9.17) is 5.26 Å². The SMILES string of the molecule is CC(Nc1cccc([N+](=O)[O-])c1)c1ccc(C#N)cc1. The van der Waals surface area contributed by atoms with Gasteiger partial charge in [0.25, 0.3) is 5.69 Å². The van der Waals surface area contributed by atoms with Crippen molar-refractivity contribution in [1.82, 2.24) is 0 Å². The smallest absolute Gasteiger partial charge is 0.271 e. The highest BCUT2D eigenvalue weighted by Crippen LogP contribution is 2.22. The van der Waals surface area contributed by atoms with E-state index < -0.39 is 4.92 Å². The Morgan fingerprint density at radius 1 is 1.25 bits per heavy atom. The zero-order valence-electron chi connectivity index (χ0n) is 10.9. The maximum absolute atomic E-state index is 10.7. The number of nitriles is 1. The molecule has 0 fully saturated rings. The van der Waals surface area contributed by atoms with Gasteiger partial charge in [-0.05, 0) is 30.7 Å². The molecule has 1 unspecified atom stereocenters. The van der Waals surface area contributed by atoms with E-state index in [0.29, 0.717) is 11.3 Å². The van der Waals surface area contributed by atoms with Crippen LogP contribution in [0.2, 0.25) is 0 Å². The largest absolute Gasteiger partial charge is 0.378 e. The van der Waals surface area contributed by atoms with Crippen molar-refractivity contribution in [3.63, 3.8) is 0 Å². The maximum Gasteiger partial charge on any atom is 0.271 e. The van der Waals surface area contributed by atoms with Gasteiger partial charge in [0.2, 0.25) is 0 Å². The Morgan fingerprint density at radius 3 is 2.55 bits per heavy atom. The van der Waals surface area contributed by atoms with Crippen molar-refractivity contribution in [2.24, 2.45) is 0 Å². The summed E-state index contributed by atoms with van der Waals surface area (Å²) in [6, 6.07) is 15.7. The van der Waals surface area contributed by atoms with Gasteiger partial charge in [-0.2, -0.15) is 5.26 Å². The quantitative estimate of drug-likeness (QED) is 0.677. The van der Waals surface area contributed by atoms with Gasteiger partial charge >= 0.3 is 0 Å². The Labute approximate surface area is 116 Å². The molecular formula is C15H13N3O2. The first kappa shape index (κ1) is 13.6. The second-order valence-corrected chi connectivity index (χ2v) is 4.41. The minimum absolute atomic E-state index is 0.00949. The third kappa shape index (κ3) is 3.12. The fraction of sp³-hybridized carbons (Fsp3) is 0.133. The van der Waals surface area contributed by atoms with Crippen LogP contribution in [0, 0.1) is 21.4 Å². The number of non-ortho nitro benzene ring substituents is 1. The third-order valence-electron chi connectivity index (χ3n) is 2.98. The predicted octanol–water partition coefficient (Wildman–Crippen LogP) is 3.64. The van der Waals surface area contributed by atoms with Crippen molar-refractivity contribution < 1.29 is 4.92 Å². The van der Waals surface area contributed by atoms with Crippen LogP contribution in [0.15, 0.2) is 48.5 Å². The Morgan fingerprint density at radius 2 is 1.95 bits per heavy atom. The summed E-state index contributed by atoms with van der Waals surface area (Å²) in [5.41, 5.74) is 2.37. The second kappa shape index (κ2) is 5.85. The van der Waals surface area contributed by atoms with E-state index in [1.165, 1.54) is 12.1 Å². The van der Waals surface area contributed by atoms with Crippen LogP contribution in [0.3, 0.4) is 0 Å². The average molecular weight is 267 g/mol. The highest BCUT2D eigenvalue weighted by molar-refractivity contribution is 5.52. The number of nitrogens with zero attached hydrogens (tertiary/aromatic N) is 2. The lowest BCUT2D eigenvalue weighted by Gasteiger charge is -2.15. The van der Waals surface area contributed by atoms with Gasteiger partial charge in [-0.1, -0.05) is 18.2 Å². The van der Waals surface area contributed by atoms with Crippen LogP contribution in [0.1, 0.15) is 24.1 Å². The molecule has 0 radical (unpaired) electrons. The van der Waals surface area contributed by atoms with Crippen molar-refractivity contribution >= 4 is 11.4 Å². The van der Waals surface area contributed by atoms with E-state index in [2.05, 4.69) is 11.4 Å². The number of hydrogen-bond acceptors (Lipinski definition) is 4. The van der Waals surface area contributed by atoms with Gasteiger partial charge in [0.15, 0.2) is 0 Å². The van der Waals surface area contributed by atoms with Crippen LogP contribution in [0.4, 0.5) is 11.4 Å². The summed E-state index contributed by atoms with van der Waals surface area (Å²) in [5.74, 6) is 0. The molecule has 0 aliphatic carbocycles. The zero-order valence-corrected chi connectivity index (χ0v) is 10.9. The summed E-state index contributed by atoms with van der Waals surface area (Å²) in [5, 5.41) is 22.7. The molecule has 0 spiro atoms. The van der Waals surface area contributed by atoms with Crippen LogP contribution in [-0.2, 0) is 0 Å². The molecule has 0 aromatic heterocycles. The summed E-state index contributed by atoms with van der Waals surface area (Å²) in [4.78, 5) is 10.3. The first-order valence-electron chi connectivity index (χ1n) is 6.11. The first-order valence-corrected chi connectivity index (χ1v) is 6.11. The molecule has 1 atom stereocenters. The second-order valence-electron chi connectivity index (χ2n) is 4.41. The fourth-order valence-electron chi connectivity index (χ4n) is 1.89.